The molecule has 10 heavy (non-hydrogen) atoms. The van der Waals surface area contributed by atoms with Crippen LogP contribution in [0.25, 0.3) is 0 Å². The van der Waals surface area contributed by atoms with Crippen LogP contribution in [0.1, 0.15) is 33.6 Å². The summed E-state index contributed by atoms with van der Waals surface area (Å²) < 4.78 is 0. The third-order valence-electron chi connectivity index (χ3n) is 1.45. The molecule has 0 aromatic heterocycles. The lowest BCUT2D eigenvalue weighted by Gasteiger charge is -2.02. The van der Waals surface area contributed by atoms with E-state index < -0.39 is 0 Å². The SMILES string of the molecule is C=C(/C=C/C)CCC(C)C. The van der Waals surface area contributed by atoms with E-state index in [1.54, 1.807) is 0 Å². The van der Waals surface area contributed by atoms with E-state index in [4.69, 9.17) is 0 Å². The van der Waals surface area contributed by atoms with Crippen LogP contribution in [-0.2, 0) is 0 Å². The van der Waals surface area contributed by atoms with E-state index in [1.807, 2.05) is 13.0 Å². The van der Waals surface area contributed by atoms with Crippen molar-refractivity contribution in [2.45, 2.75) is 33.6 Å². The Balaban J connectivity index is 3.40. The Bertz CT molecular complexity index is 118. The van der Waals surface area contributed by atoms with E-state index in [-0.39, 0.29) is 0 Å². The number of hydrogen-bond acceptors (Lipinski definition) is 0. The van der Waals surface area contributed by atoms with Crippen LogP contribution in [0.15, 0.2) is 24.3 Å². The number of rotatable bonds is 4. The predicted octanol–water partition coefficient (Wildman–Crippen LogP) is 3.55. The van der Waals surface area contributed by atoms with Gasteiger partial charge >= 0.3 is 0 Å². The zero-order valence-electron chi connectivity index (χ0n) is 7.35. The maximum Gasteiger partial charge on any atom is -0.0282 e. The van der Waals surface area contributed by atoms with Gasteiger partial charge in [0.05, 0.1) is 0 Å². The van der Waals surface area contributed by atoms with Crippen LogP contribution in [0.3, 0.4) is 0 Å². The second-order valence-electron chi connectivity index (χ2n) is 3.09. The minimum atomic E-state index is 0.794. The smallest absolute Gasteiger partial charge is 0.0282 e. The molecular formula is C10H18. The molecule has 0 aliphatic carbocycles. The minimum Gasteiger partial charge on any atom is -0.0958 e. The molecule has 0 N–H and O–H groups in total. The first-order valence-corrected chi connectivity index (χ1v) is 3.97. The zero-order chi connectivity index (χ0) is 7.98. The molecule has 0 radical (unpaired) electrons. The molecule has 0 nitrogen and oxygen atoms in total. The second-order valence-corrected chi connectivity index (χ2v) is 3.09. The van der Waals surface area contributed by atoms with Gasteiger partial charge in [0.2, 0.25) is 0 Å². The van der Waals surface area contributed by atoms with Crippen LogP contribution in [0.5, 0.6) is 0 Å². The average molecular weight is 138 g/mol. The maximum atomic E-state index is 3.93. The summed E-state index contributed by atoms with van der Waals surface area (Å²) in [5, 5.41) is 0. The van der Waals surface area contributed by atoms with Gasteiger partial charge in [-0.05, 0) is 25.7 Å². The Labute approximate surface area is 64.6 Å². The van der Waals surface area contributed by atoms with Gasteiger partial charge in [0.15, 0.2) is 0 Å². The Morgan fingerprint density at radius 2 is 2.10 bits per heavy atom. The lowest BCUT2D eigenvalue weighted by molar-refractivity contribution is 0.588. The Morgan fingerprint density at radius 1 is 1.50 bits per heavy atom. The molecule has 0 aromatic carbocycles. The Hall–Kier alpha value is -0.520. The van der Waals surface area contributed by atoms with Crippen LogP contribution in [0.4, 0.5) is 0 Å². The summed E-state index contributed by atoms with van der Waals surface area (Å²) in [4.78, 5) is 0. The monoisotopic (exact) mass is 138 g/mol. The molecule has 0 heterocycles. The molecule has 0 rings (SSSR count). The first-order chi connectivity index (χ1) is 4.66. The van der Waals surface area contributed by atoms with Gasteiger partial charge in [-0.15, -0.1) is 0 Å². The fourth-order valence-electron chi connectivity index (χ4n) is 0.793. The van der Waals surface area contributed by atoms with E-state index in [0.717, 1.165) is 12.3 Å². The summed E-state index contributed by atoms with van der Waals surface area (Å²) >= 11 is 0. The highest BCUT2D eigenvalue weighted by Crippen LogP contribution is 2.10. The standard InChI is InChI=1S/C10H18/c1-5-6-10(4)8-7-9(2)3/h5-6,9H,4,7-8H2,1-3H3/b6-5+. The molecule has 0 aliphatic heterocycles. The molecule has 0 aliphatic rings. The first-order valence-electron chi connectivity index (χ1n) is 3.97. The van der Waals surface area contributed by atoms with Gasteiger partial charge in [0.25, 0.3) is 0 Å². The topological polar surface area (TPSA) is 0 Å². The molecule has 0 aromatic rings. The van der Waals surface area contributed by atoms with Gasteiger partial charge in [-0.3, -0.25) is 0 Å². The minimum absolute atomic E-state index is 0.794. The number of allylic oxidation sites excluding steroid dienone is 3. The quantitative estimate of drug-likeness (QED) is 0.521. The molecular weight excluding hydrogens is 120 g/mol. The van der Waals surface area contributed by atoms with Gasteiger partial charge < -0.3 is 0 Å². The number of hydrogen-bond donors (Lipinski definition) is 0. The largest absolute Gasteiger partial charge is 0.0958 e. The molecule has 0 spiro atoms. The Morgan fingerprint density at radius 3 is 2.50 bits per heavy atom. The van der Waals surface area contributed by atoms with Gasteiger partial charge in [-0.1, -0.05) is 38.2 Å². The fraction of sp³-hybridized carbons (Fsp3) is 0.600. The van der Waals surface area contributed by atoms with Crippen molar-refractivity contribution in [1.29, 1.82) is 0 Å². The normalized spacial score (nSPS) is 11.2. The van der Waals surface area contributed by atoms with Crippen molar-refractivity contribution in [2.75, 3.05) is 0 Å². The summed E-state index contributed by atoms with van der Waals surface area (Å²) in [5.41, 5.74) is 1.25. The summed E-state index contributed by atoms with van der Waals surface area (Å²) in [6.07, 6.45) is 6.52. The van der Waals surface area contributed by atoms with Crippen LogP contribution in [0.2, 0.25) is 0 Å². The van der Waals surface area contributed by atoms with Crippen LogP contribution >= 0.6 is 0 Å². The van der Waals surface area contributed by atoms with Gasteiger partial charge in [-0.2, -0.15) is 0 Å². The maximum absolute atomic E-state index is 3.93. The van der Waals surface area contributed by atoms with Gasteiger partial charge in [0.1, 0.15) is 0 Å². The second kappa shape index (κ2) is 5.28. The Kier molecular flexibility index (Phi) is 5.00. The van der Waals surface area contributed by atoms with Crippen molar-refractivity contribution in [3.8, 4) is 0 Å². The van der Waals surface area contributed by atoms with E-state index >= 15 is 0 Å². The molecule has 0 fully saturated rings. The molecule has 58 valence electrons. The average Bonchev–Trinajstić information content (AvgIpc) is 1.85. The highest BCUT2D eigenvalue weighted by molar-refractivity contribution is 5.13. The summed E-state index contributed by atoms with van der Waals surface area (Å²) in [5.74, 6) is 0.794. The lowest BCUT2D eigenvalue weighted by Crippen LogP contribution is -1.86. The molecule has 0 amide bonds. The third kappa shape index (κ3) is 5.61. The lowest BCUT2D eigenvalue weighted by atomic mass is 10.0. The van der Waals surface area contributed by atoms with Crippen molar-refractivity contribution in [3.05, 3.63) is 24.3 Å². The van der Waals surface area contributed by atoms with Crippen molar-refractivity contribution >= 4 is 0 Å². The van der Waals surface area contributed by atoms with Crippen molar-refractivity contribution in [2.24, 2.45) is 5.92 Å². The van der Waals surface area contributed by atoms with E-state index in [2.05, 4.69) is 26.5 Å². The van der Waals surface area contributed by atoms with E-state index in [1.165, 1.54) is 12.0 Å². The third-order valence-corrected chi connectivity index (χ3v) is 1.45. The van der Waals surface area contributed by atoms with Crippen molar-refractivity contribution in [1.82, 2.24) is 0 Å². The molecule has 0 unspecified atom stereocenters. The van der Waals surface area contributed by atoms with Crippen LogP contribution in [-0.4, -0.2) is 0 Å². The van der Waals surface area contributed by atoms with Crippen molar-refractivity contribution in [3.63, 3.8) is 0 Å². The summed E-state index contributed by atoms with van der Waals surface area (Å²) in [7, 11) is 0. The molecule has 0 bridgehead atoms. The van der Waals surface area contributed by atoms with Gasteiger partial charge in [0, 0.05) is 0 Å². The highest BCUT2D eigenvalue weighted by Gasteiger charge is 1.93. The molecule has 0 heteroatoms. The summed E-state index contributed by atoms with van der Waals surface area (Å²) in [6.45, 7) is 10.4. The zero-order valence-corrected chi connectivity index (χ0v) is 7.35. The van der Waals surface area contributed by atoms with Crippen LogP contribution in [0, 0.1) is 5.92 Å². The van der Waals surface area contributed by atoms with Gasteiger partial charge in [-0.25, -0.2) is 0 Å². The van der Waals surface area contributed by atoms with E-state index in [0.29, 0.717) is 0 Å². The van der Waals surface area contributed by atoms with Crippen molar-refractivity contribution < 1.29 is 0 Å². The molecule has 0 saturated heterocycles. The molecule has 0 atom stereocenters. The van der Waals surface area contributed by atoms with Crippen LogP contribution < -0.4 is 0 Å². The first kappa shape index (κ1) is 9.48. The highest BCUT2D eigenvalue weighted by atomic mass is 14.0. The summed E-state index contributed by atoms with van der Waals surface area (Å²) in [6, 6.07) is 0. The van der Waals surface area contributed by atoms with E-state index in [9.17, 15) is 0 Å². The predicted molar refractivity (Wildman–Crippen MR) is 48.0 cm³/mol. The fourth-order valence-corrected chi connectivity index (χ4v) is 0.793. The molecule has 0 saturated carbocycles.